The van der Waals surface area contributed by atoms with Gasteiger partial charge in [-0.3, -0.25) is 6.08 Å². The molecule has 0 saturated heterocycles. The number of hydrogen-bond donors (Lipinski definition) is 0. The van der Waals surface area contributed by atoms with Crippen LogP contribution in [-0.4, -0.2) is 16.1 Å². The van der Waals surface area contributed by atoms with Crippen LogP contribution in [0.2, 0.25) is 31.2 Å². The van der Waals surface area contributed by atoms with Crippen molar-refractivity contribution in [1.82, 2.24) is 0 Å². The molecule has 0 saturated carbocycles. The summed E-state index contributed by atoms with van der Waals surface area (Å²) in [5.41, 5.74) is 8.44. The molecule has 0 fully saturated rings. The van der Waals surface area contributed by atoms with Crippen molar-refractivity contribution in [1.29, 1.82) is 0 Å². The van der Waals surface area contributed by atoms with Gasteiger partial charge in [0.2, 0.25) is 0 Å². The van der Waals surface area contributed by atoms with E-state index in [2.05, 4.69) is 117 Å². The summed E-state index contributed by atoms with van der Waals surface area (Å²) in [5.74, 6) is 0. The van der Waals surface area contributed by atoms with Gasteiger partial charge in [-0.2, -0.15) is 11.1 Å². The van der Waals surface area contributed by atoms with Gasteiger partial charge in [-0.15, -0.1) is 6.92 Å². The number of benzene rings is 2. The van der Waals surface area contributed by atoms with Gasteiger partial charge >= 0.3 is 21.7 Å². The van der Waals surface area contributed by atoms with Gasteiger partial charge < -0.3 is 14.9 Å². The average molecular weight is 510 g/mol. The Morgan fingerprint density at radius 3 is 1.76 bits per heavy atom. The fourth-order valence-corrected chi connectivity index (χ4v) is 11.8. The van der Waals surface area contributed by atoms with Crippen molar-refractivity contribution in [2.45, 2.75) is 79.7 Å². The maximum Gasteiger partial charge on any atom is 3.00 e. The number of allylic oxidation sites excluding steroid dienone is 4. The molecule has 0 amide bonds. The van der Waals surface area contributed by atoms with E-state index in [1.807, 2.05) is 0 Å². The molecule has 2 aromatic rings. The Morgan fingerprint density at radius 1 is 0.727 bits per heavy atom. The van der Waals surface area contributed by atoms with Crippen LogP contribution in [0.25, 0.3) is 0 Å². The van der Waals surface area contributed by atoms with Gasteiger partial charge in [-0.1, -0.05) is 121 Å². The first kappa shape index (κ1) is 32.1. The zero-order chi connectivity index (χ0) is 22.6. The van der Waals surface area contributed by atoms with E-state index in [1.165, 1.54) is 33.4 Å². The van der Waals surface area contributed by atoms with E-state index in [1.54, 1.807) is 15.6 Å². The second-order valence-electron chi connectivity index (χ2n) is 10.9. The van der Waals surface area contributed by atoms with Crippen molar-refractivity contribution in [3.63, 3.8) is 0 Å². The van der Waals surface area contributed by atoms with Crippen molar-refractivity contribution in [3.8, 4) is 0 Å². The minimum Gasteiger partial charge on any atom is -0.358 e. The smallest absolute Gasteiger partial charge is 0.358 e. The van der Waals surface area contributed by atoms with Crippen molar-refractivity contribution in [2.75, 3.05) is 0 Å². The number of aryl methyl sites for hydroxylation is 3. The van der Waals surface area contributed by atoms with Crippen LogP contribution in [-0.2, 0) is 21.7 Å². The topological polar surface area (TPSA) is 0 Å². The van der Waals surface area contributed by atoms with Crippen molar-refractivity contribution >= 4 is 31.7 Å². The van der Waals surface area contributed by atoms with Crippen LogP contribution >= 0.6 is 0 Å². The molecule has 1 aliphatic carbocycles. The third kappa shape index (κ3) is 5.35. The third-order valence-electron chi connectivity index (χ3n) is 7.76. The second-order valence-corrected chi connectivity index (χ2v) is 20.3. The van der Waals surface area contributed by atoms with Crippen LogP contribution in [0.1, 0.15) is 44.4 Å². The predicted molar refractivity (Wildman–Crippen MR) is 153 cm³/mol. The molecule has 0 bridgehead atoms. The molecule has 0 spiro atoms. The molecule has 1 aliphatic rings. The van der Waals surface area contributed by atoms with Gasteiger partial charge in [0.25, 0.3) is 0 Å². The quantitative estimate of drug-likeness (QED) is 0.304. The van der Waals surface area contributed by atoms with Gasteiger partial charge in [0.05, 0.1) is 8.07 Å². The molecular weight excluding hydrogens is 464 g/mol. The van der Waals surface area contributed by atoms with Gasteiger partial charge in [-0.05, 0) is 20.8 Å². The van der Waals surface area contributed by atoms with Crippen LogP contribution in [0.5, 0.6) is 0 Å². The molecule has 0 nitrogen and oxygen atoms in total. The van der Waals surface area contributed by atoms with Crippen LogP contribution in [0, 0.1) is 41.7 Å². The van der Waals surface area contributed by atoms with Gasteiger partial charge in [0.15, 0.2) is 0 Å². The third-order valence-corrected chi connectivity index (χ3v) is 15.3. The standard InChI is InChI=1S/C28H39Si2.2CH3.Ti/c1-19-12-13-21(3)27(16-19)30(11,28(7)18-22(4)23(5)24(28)6)26-15-20(2)14-25(17-26)29(8,9)10;;;/h12-17H,1-11H3;2*1H3;/q3*-1;+3. The van der Waals surface area contributed by atoms with E-state index in [0.717, 1.165) is 0 Å². The van der Waals surface area contributed by atoms with Crippen molar-refractivity contribution in [3.05, 3.63) is 90.7 Å². The van der Waals surface area contributed by atoms with Crippen LogP contribution in [0.4, 0.5) is 0 Å². The molecule has 3 rings (SSSR count). The van der Waals surface area contributed by atoms with E-state index >= 15 is 0 Å². The van der Waals surface area contributed by atoms with E-state index in [0.29, 0.717) is 0 Å². The summed E-state index contributed by atoms with van der Waals surface area (Å²) in [6.07, 6.45) is 4.01. The molecule has 1 radical (unpaired) electrons. The zero-order valence-corrected chi connectivity index (χ0v) is 27.0. The van der Waals surface area contributed by atoms with Gasteiger partial charge in [0, 0.05) is 0 Å². The monoisotopic (exact) mass is 509 g/mol. The minimum absolute atomic E-state index is 0. The number of hydrogen-bond acceptors (Lipinski definition) is 0. The molecule has 2 atom stereocenters. The summed E-state index contributed by atoms with van der Waals surface area (Å²) in [6, 6.07) is 14.6. The maximum absolute atomic E-state index is 4.01. The molecule has 0 heterocycles. The Balaban J connectivity index is 0.00000341. The van der Waals surface area contributed by atoms with E-state index in [9.17, 15) is 0 Å². The average Bonchev–Trinajstić information content (AvgIpc) is 2.85. The summed E-state index contributed by atoms with van der Waals surface area (Å²) in [5, 5.41) is 4.64. The predicted octanol–water partition coefficient (Wildman–Crippen LogP) is 7.11. The van der Waals surface area contributed by atoms with Crippen LogP contribution in [0.3, 0.4) is 0 Å². The molecule has 0 N–H and O–H groups in total. The molecule has 0 aromatic heterocycles. The Morgan fingerprint density at radius 2 is 1.27 bits per heavy atom. The Bertz CT molecular complexity index is 1070. The zero-order valence-electron chi connectivity index (χ0n) is 23.5. The van der Waals surface area contributed by atoms with E-state index in [-0.39, 0.29) is 41.6 Å². The first-order chi connectivity index (χ1) is 13.7. The molecule has 3 heteroatoms. The molecule has 177 valence electrons. The summed E-state index contributed by atoms with van der Waals surface area (Å²) in [4.78, 5) is 0. The SMILES string of the molecule is CC1=[C-]C(C)([Si](C)(c2cc(C)cc([Si](C)(C)C)c2)c2cc(C)ccc2C)C(C)=C1C.[CH3-].[CH3-].[Ti+3]. The summed E-state index contributed by atoms with van der Waals surface area (Å²) < 4.78 is 0. The largest absolute Gasteiger partial charge is 3.00 e. The maximum atomic E-state index is 4.01. The molecular formula is C30H45Si2Ti. The number of rotatable bonds is 4. The summed E-state index contributed by atoms with van der Waals surface area (Å²) in [7, 11) is -3.65. The summed E-state index contributed by atoms with van der Waals surface area (Å²) >= 11 is 0. The Hall–Kier alpha value is -0.932. The molecule has 2 aromatic carbocycles. The summed E-state index contributed by atoms with van der Waals surface area (Å²) in [6.45, 7) is 26.1. The minimum atomic E-state index is -2.22. The van der Waals surface area contributed by atoms with Crippen molar-refractivity contribution < 1.29 is 21.7 Å². The first-order valence-electron chi connectivity index (χ1n) is 11.2. The normalized spacial score (nSPS) is 19.7. The second kappa shape index (κ2) is 10.8. The van der Waals surface area contributed by atoms with Crippen LogP contribution < -0.4 is 15.6 Å². The first-order valence-corrected chi connectivity index (χ1v) is 17.2. The molecule has 0 aliphatic heterocycles. The van der Waals surface area contributed by atoms with Gasteiger partial charge in [-0.25, -0.2) is 5.57 Å². The Labute approximate surface area is 222 Å². The fourth-order valence-electron chi connectivity index (χ4n) is 5.21. The molecule has 2 unspecified atom stereocenters. The van der Waals surface area contributed by atoms with E-state index < -0.39 is 16.1 Å². The fraction of sp³-hybridized carbons (Fsp3) is 0.400. The van der Waals surface area contributed by atoms with Gasteiger partial charge in [0.1, 0.15) is 8.07 Å². The van der Waals surface area contributed by atoms with E-state index in [4.69, 9.17) is 0 Å². The van der Waals surface area contributed by atoms with Crippen molar-refractivity contribution in [2.24, 2.45) is 0 Å². The molecule has 33 heavy (non-hydrogen) atoms. The Kier molecular flexibility index (Phi) is 10.5. The van der Waals surface area contributed by atoms with Crippen LogP contribution in [0.15, 0.2) is 53.1 Å².